The van der Waals surface area contributed by atoms with Crippen LogP contribution in [0.5, 0.6) is 0 Å². The molecule has 1 aliphatic heterocycles. The number of nitrogens with zero attached hydrogens (tertiary/aromatic N) is 2. The van der Waals surface area contributed by atoms with Gasteiger partial charge in [0.05, 0.1) is 23.6 Å². The van der Waals surface area contributed by atoms with Gasteiger partial charge in [-0.05, 0) is 48.7 Å². The summed E-state index contributed by atoms with van der Waals surface area (Å²) in [5, 5.41) is 11.7. The van der Waals surface area contributed by atoms with E-state index in [9.17, 15) is 13.2 Å². The minimum atomic E-state index is -3.36. The van der Waals surface area contributed by atoms with Crippen LogP contribution in [0, 0.1) is 11.3 Å². The molecule has 1 heterocycles. The molecular formula is C18H17N3O3S. The highest BCUT2D eigenvalue weighted by molar-refractivity contribution is 7.92. The number of fused-ring (bicyclic) bond motifs is 1. The maximum atomic E-state index is 12.4. The first kappa shape index (κ1) is 17.0. The molecule has 0 aromatic heterocycles. The van der Waals surface area contributed by atoms with Gasteiger partial charge >= 0.3 is 0 Å². The number of anilines is 2. The van der Waals surface area contributed by atoms with E-state index >= 15 is 0 Å². The van der Waals surface area contributed by atoms with Crippen molar-refractivity contribution in [3.8, 4) is 6.07 Å². The monoisotopic (exact) mass is 355 g/mol. The standard InChI is InChI=1S/C18H17N3O3S/c1-25(23,24)21-9-3-6-14-7-8-16(11-17(14)21)20-18(22)15-5-2-4-13(10-15)12-19/h2,4-5,7-8,10-11H,3,6,9H2,1H3,(H,20,22). The largest absolute Gasteiger partial charge is 0.322 e. The molecule has 128 valence electrons. The summed E-state index contributed by atoms with van der Waals surface area (Å²) in [4.78, 5) is 12.4. The molecule has 0 fully saturated rings. The van der Waals surface area contributed by atoms with Crippen LogP contribution in [0.25, 0.3) is 0 Å². The van der Waals surface area contributed by atoms with Crippen molar-refractivity contribution in [1.82, 2.24) is 0 Å². The number of rotatable bonds is 3. The van der Waals surface area contributed by atoms with E-state index < -0.39 is 10.0 Å². The minimum absolute atomic E-state index is 0.348. The summed E-state index contributed by atoms with van der Waals surface area (Å²) >= 11 is 0. The lowest BCUT2D eigenvalue weighted by molar-refractivity contribution is 0.102. The predicted octanol–water partition coefficient (Wildman–Crippen LogP) is 2.52. The van der Waals surface area contributed by atoms with Crippen molar-refractivity contribution in [3.05, 3.63) is 59.2 Å². The summed E-state index contributed by atoms with van der Waals surface area (Å²) in [6.07, 6.45) is 2.76. The molecule has 0 saturated carbocycles. The number of aryl methyl sites for hydroxylation is 1. The van der Waals surface area contributed by atoms with Gasteiger partial charge in [0.2, 0.25) is 10.0 Å². The van der Waals surface area contributed by atoms with Crippen molar-refractivity contribution in [2.45, 2.75) is 12.8 Å². The molecule has 1 aliphatic rings. The molecule has 2 aromatic carbocycles. The van der Waals surface area contributed by atoms with E-state index in [2.05, 4.69) is 5.32 Å². The van der Waals surface area contributed by atoms with Crippen LogP contribution in [-0.4, -0.2) is 27.1 Å². The van der Waals surface area contributed by atoms with Crippen LogP contribution in [0.15, 0.2) is 42.5 Å². The topological polar surface area (TPSA) is 90.3 Å². The Kier molecular flexibility index (Phi) is 4.47. The number of amides is 1. The van der Waals surface area contributed by atoms with Crippen LogP contribution < -0.4 is 9.62 Å². The first-order valence-electron chi connectivity index (χ1n) is 7.80. The van der Waals surface area contributed by atoms with Gasteiger partial charge in [0, 0.05) is 17.8 Å². The van der Waals surface area contributed by atoms with E-state index in [0.717, 1.165) is 18.4 Å². The summed E-state index contributed by atoms with van der Waals surface area (Å²) in [6, 6.07) is 13.7. The summed E-state index contributed by atoms with van der Waals surface area (Å²) in [6.45, 7) is 0.438. The van der Waals surface area contributed by atoms with E-state index in [1.54, 1.807) is 30.3 Å². The SMILES string of the molecule is CS(=O)(=O)N1CCCc2ccc(NC(=O)c3cccc(C#N)c3)cc21. The van der Waals surface area contributed by atoms with Crippen LogP contribution in [0.3, 0.4) is 0 Å². The van der Waals surface area contributed by atoms with E-state index in [-0.39, 0.29) is 5.91 Å². The van der Waals surface area contributed by atoms with Gasteiger partial charge < -0.3 is 5.32 Å². The lowest BCUT2D eigenvalue weighted by atomic mass is 10.0. The third-order valence-corrected chi connectivity index (χ3v) is 5.25. The van der Waals surface area contributed by atoms with E-state index in [4.69, 9.17) is 5.26 Å². The number of carbonyl (C=O) groups is 1. The molecule has 0 aliphatic carbocycles. The summed E-state index contributed by atoms with van der Waals surface area (Å²) < 4.78 is 25.3. The number of nitrogens with one attached hydrogen (secondary N) is 1. The first-order chi connectivity index (χ1) is 11.9. The molecule has 0 saturated heterocycles. The minimum Gasteiger partial charge on any atom is -0.322 e. The van der Waals surface area contributed by atoms with Gasteiger partial charge in [-0.15, -0.1) is 0 Å². The van der Waals surface area contributed by atoms with Crippen LogP contribution in [-0.2, 0) is 16.4 Å². The Balaban J connectivity index is 1.89. The van der Waals surface area contributed by atoms with Crippen LogP contribution in [0.1, 0.15) is 27.9 Å². The lowest BCUT2D eigenvalue weighted by Gasteiger charge is -2.29. The highest BCUT2D eigenvalue weighted by atomic mass is 32.2. The molecule has 0 spiro atoms. The Labute approximate surface area is 146 Å². The molecule has 25 heavy (non-hydrogen) atoms. The molecule has 0 atom stereocenters. The zero-order valence-electron chi connectivity index (χ0n) is 13.7. The highest BCUT2D eigenvalue weighted by Gasteiger charge is 2.24. The van der Waals surface area contributed by atoms with Crippen LogP contribution >= 0.6 is 0 Å². The number of benzene rings is 2. The molecular weight excluding hydrogens is 338 g/mol. The average Bonchev–Trinajstić information content (AvgIpc) is 2.60. The van der Waals surface area contributed by atoms with Gasteiger partial charge in [-0.2, -0.15) is 5.26 Å². The smallest absolute Gasteiger partial charge is 0.255 e. The Morgan fingerprint density at radius 2 is 2.04 bits per heavy atom. The fraction of sp³-hybridized carbons (Fsp3) is 0.222. The number of hydrogen-bond acceptors (Lipinski definition) is 4. The highest BCUT2D eigenvalue weighted by Crippen LogP contribution is 2.31. The molecule has 0 radical (unpaired) electrons. The van der Waals surface area contributed by atoms with Crippen molar-refractivity contribution in [1.29, 1.82) is 5.26 Å². The second-order valence-corrected chi connectivity index (χ2v) is 7.84. The molecule has 6 nitrogen and oxygen atoms in total. The van der Waals surface area contributed by atoms with Gasteiger partial charge in [-0.3, -0.25) is 9.10 Å². The van der Waals surface area contributed by atoms with Gasteiger partial charge in [-0.25, -0.2) is 8.42 Å². The van der Waals surface area contributed by atoms with Gasteiger partial charge in [-0.1, -0.05) is 12.1 Å². The zero-order chi connectivity index (χ0) is 18.0. The summed E-state index contributed by atoms with van der Waals surface area (Å²) in [5.41, 5.74) is 2.85. The van der Waals surface area contributed by atoms with Crippen molar-refractivity contribution in [2.75, 3.05) is 22.4 Å². The van der Waals surface area contributed by atoms with E-state index in [1.807, 2.05) is 12.1 Å². The Hall–Kier alpha value is -2.85. The first-order valence-corrected chi connectivity index (χ1v) is 9.65. The molecule has 1 N–H and O–H groups in total. The van der Waals surface area contributed by atoms with Crippen LogP contribution in [0.2, 0.25) is 0 Å². The van der Waals surface area contributed by atoms with Gasteiger partial charge in [0.25, 0.3) is 5.91 Å². The van der Waals surface area contributed by atoms with Gasteiger partial charge in [0.1, 0.15) is 0 Å². The number of nitriles is 1. The van der Waals surface area contributed by atoms with Crippen molar-refractivity contribution in [2.24, 2.45) is 0 Å². The molecule has 0 bridgehead atoms. The van der Waals surface area contributed by atoms with Gasteiger partial charge in [0.15, 0.2) is 0 Å². The molecule has 2 aromatic rings. The maximum Gasteiger partial charge on any atom is 0.255 e. The number of hydrogen-bond donors (Lipinski definition) is 1. The molecule has 3 rings (SSSR count). The van der Waals surface area contributed by atoms with E-state index in [0.29, 0.717) is 29.0 Å². The number of sulfonamides is 1. The normalized spacial score (nSPS) is 13.7. The summed E-state index contributed by atoms with van der Waals surface area (Å²) in [5.74, 6) is -0.348. The number of carbonyl (C=O) groups excluding carboxylic acids is 1. The lowest BCUT2D eigenvalue weighted by Crippen LogP contribution is -2.34. The maximum absolute atomic E-state index is 12.4. The Morgan fingerprint density at radius 1 is 1.24 bits per heavy atom. The molecule has 7 heteroatoms. The average molecular weight is 355 g/mol. The zero-order valence-corrected chi connectivity index (χ0v) is 14.5. The third kappa shape index (κ3) is 3.64. The second-order valence-electron chi connectivity index (χ2n) is 5.93. The Bertz CT molecular complexity index is 977. The van der Waals surface area contributed by atoms with E-state index in [1.165, 1.54) is 16.6 Å². The van der Waals surface area contributed by atoms with Crippen molar-refractivity contribution < 1.29 is 13.2 Å². The second kappa shape index (κ2) is 6.57. The quantitative estimate of drug-likeness (QED) is 0.916. The summed E-state index contributed by atoms with van der Waals surface area (Å²) in [7, 11) is -3.36. The molecule has 1 amide bonds. The Morgan fingerprint density at radius 3 is 2.76 bits per heavy atom. The van der Waals surface area contributed by atoms with Crippen molar-refractivity contribution in [3.63, 3.8) is 0 Å². The van der Waals surface area contributed by atoms with Crippen LogP contribution in [0.4, 0.5) is 11.4 Å². The fourth-order valence-electron chi connectivity index (χ4n) is 2.90. The fourth-order valence-corrected chi connectivity index (χ4v) is 3.88. The van der Waals surface area contributed by atoms with Crippen molar-refractivity contribution >= 4 is 27.3 Å². The molecule has 0 unspecified atom stereocenters. The predicted molar refractivity (Wildman–Crippen MR) is 96.1 cm³/mol. The third-order valence-electron chi connectivity index (χ3n) is 4.07.